The van der Waals surface area contributed by atoms with Crippen molar-refractivity contribution in [2.75, 3.05) is 7.11 Å². The molecule has 1 aromatic carbocycles. The third-order valence-corrected chi connectivity index (χ3v) is 2.64. The van der Waals surface area contributed by atoms with Crippen molar-refractivity contribution in [3.05, 3.63) is 42.4 Å². The van der Waals surface area contributed by atoms with E-state index in [-0.39, 0.29) is 0 Å². The van der Waals surface area contributed by atoms with Crippen LogP contribution in [-0.2, 0) is 6.54 Å². The van der Waals surface area contributed by atoms with Gasteiger partial charge in [-0.25, -0.2) is 4.98 Å². The van der Waals surface area contributed by atoms with Crippen molar-refractivity contribution in [1.82, 2.24) is 15.3 Å². The highest BCUT2D eigenvalue weighted by molar-refractivity contribution is 5.33. The largest absolute Gasteiger partial charge is 0.497 e. The molecule has 0 aliphatic heterocycles. The average Bonchev–Trinajstić information content (AvgIpc) is 2.46. The van der Waals surface area contributed by atoms with Crippen LogP contribution in [0.15, 0.2) is 36.7 Å². The van der Waals surface area contributed by atoms with Crippen molar-refractivity contribution in [3.63, 3.8) is 0 Å². The van der Waals surface area contributed by atoms with Crippen molar-refractivity contribution in [3.8, 4) is 17.4 Å². The number of hydrogen-bond acceptors (Lipinski definition) is 5. The van der Waals surface area contributed by atoms with Gasteiger partial charge in [-0.05, 0) is 24.3 Å². The van der Waals surface area contributed by atoms with Gasteiger partial charge in [-0.2, -0.15) is 0 Å². The van der Waals surface area contributed by atoms with Crippen LogP contribution >= 0.6 is 0 Å². The molecular weight excluding hydrogens is 254 g/mol. The monoisotopic (exact) mass is 273 g/mol. The van der Waals surface area contributed by atoms with Gasteiger partial charge in [0.05, 0.1) is 19.0 Å². The fraction of sp³-hybridized carbons (Fsp3) is 0.333. The van der Waals surface area contributed by atoms with Gasteiger partial charge < -0.3 is 14.8 Å². The first kappa shape index (κ1) is 14.3. The first-order valence-electron chi connectivity index (χ1n) is 6.53. The molecule has 0 aliphatic rings. The Balaban J connectivity index is 2.02. The van der Waals surface area contributed by atoms with Crippen LogP contribution in [0.3, 0.4) is 0 Å². The zero-order valence-corrected chi connectivity index (χ0v) is 12.0. The van der Waals surface area contributed by atoms with Gasteiger partial charge in [0.25, 0.3) is 0 Å². The lowest BCUT2D eigenvalue weighted by Crippen LogP contribution is -2.22. The van der Waals surface area contributed by atoms with Crippen molar-refractivity contribution in [2.24, 2.45) is 0 Å². The van der Waals surface area contributed by atoms with Gasteiger partial charge in [-0.15, -0.1) is 0 Å². The van der Waals surface area contributed by atoms with E-state index in [0.717, 1.165) is 11.4 Å². The molecule has 5 heteroatoms. The summed E-state index contributed by atoms with van der Waals surface area (Å²) in [4.78, 5) is 8.54. The van der Waals surface area contributed by atoms with E-state index in [1.54, 1.807) is 19.5 Å². The van der Waals surface area contributed by atoms with E-state index in [9.17, 15) is 0 Å². The molecule has 0 unspecified atom stereocenters. The highest BCUT2D eigenvalue weighted by Gasteiger charge is 2.03. The predicted octanol–water partition coefficient (Wildman–Crippen LogP) is 2.78. The Kier molecular flexibility index (Phi) is 4.90. The first-order valence-corrected chi connectivity index (χ1v) is 6.53. The molecule has 0 bridgehead atoms. The highest BCUT2D eigenvalue weighted by Crippen LogP contribution is 2.21. The van der Waals surface area contributed by atoms with Crippen LogP contribution in [0, 0.1) is 0 Å². The Morgan fingerprint density at radius 3 is 2.45 bits per heavy atom. The summed E-state index contributed by atoms with van der Waals surface area (Å²) in [5, 5.41) is 3.29. The molecule has 20 heavy (non-hydrogen) atoms. The molecule has 0 saturated carbocycles. The third kappa shape index (κ3) is 4.20. The van der Waals surface area contributed by atoms with Crippen LogP contribution in [-0.4, -0.2) is 23.1 Å². The van der Waals surface area contributed by atoms with Crippen LogP contribution < -0.4 is 14.8 Å². The summed E-state index contributed by atoms with van der Waals surface area (Å²) >= 11 is 0. The highest BCUT2D eigenvalue weighted by atomic mass is 16.5. The van der Waals surface area contributed by atoms with Crippen molar-refractivity contribution in [1.29, 1.82) is 0 Å². The third-order valence-electron chi connectivity index (χ3n) is 2.64. The second-order valence-corrected chi connectivity index (χ2v) is 4.66. The Bertz CT molecular complexity index is 541. The summed E-state index contributed by atoms with van der Waals surface area (Å²) < 4.78 is 10.8. The number of rotatable bonds is 6. The number of ether oxygens (including phenoxy) is 2. The Morgan fingerprint density at radius 1 is 1.10 bits per heavy atom. The second-order valence-electron chi connectivity index (χ2n) is 4.66. The van der Waals surface area contributed by atoms with Crippen LogP contribution in [0.1, 0.15) is 19.5 Å². The van der Waals surface area contributed by atoms with Gasteiger partial charge in [-0.3, -0.25) is 4.98 Å². The minimum atomic E-state index is 0.406. The summed E-state index contributed by atoms with van der Waals surface area (Å²) in [6.07, 6.45) is 3.33. The molecule has 0 radical (unpaired) electrons. The number of hydrogen-bond donors (Lipinski definition) is 1. The summed E-state index contributed by atoms with van der Waals surface area (Å²) in [5.41, 5.74) is 0.852. The first-order chi connectivity index (χ1) is 9.67. The van der Waals surface area contributed by atoms with Gasteiger partial charge in [0.15, 0.2) is 0 Å². The molecule has 1 N–H and O–H groups in total. The van der Waals surface area contributed by atoms with Gasteiger partial charge in [-0.1, -0.05) is 13.8 Å². The fourth-order valence-corrected chi connectivity index (χ4v) is 1.59. The number of methoxy groups -OCH3 is 1. The molecule has 106 valence electrons. The van der Waals surface area contributed by atoms with E-state index >= 15 is 0 Å². The second kappa shape index (κ2) is 6.86. The summed E-state index contributed by atoms with van der Waals surface area (Å²) in [6, 6.07) is 7.75. The van der Waals surface area contributed by atoms with E-state index in [2.05, 4.69) is 29.1 Å². The predicted molar refractivity (Wildman–Crippen MR) is 77.1 cm³/mol. The van der Waals surface area contributed by atoms with Gasteiger partial charge >= 0.3 is 0 Å². The molecule has 0 aliphatic carbocycles. The Hall–Kier alpha value is -2.14. The maximum Gasteiger partial charge on any atom is 0.238 e. The van der Waals surface area contributed by atoms with E-state index in [4.69, 9.17) is 9.47 Å². The van der Waals surface area contributed by atoms with Gasteiger partial charge in [0, 0.05) is 18.8 Å². The lowest BCUT2D eigenvalue weighted by molar-refractivity contribution is 0.412. The fourth-order valence-electron chi connectivity index (χ4n) is 1.59. The maximum atomic E-state index is 5.67. The van der Waals surface area contributed by atoms with Gasteiger partial charge in [0.1, 0.15) is 11.5 Å². The zero-order valence-electron chi connectivity index (χ0n) is 12.0. The smallest absolute Gasteiger partial charge is 0.238 e. The maximum absolute atomic E-state index is 5.67. The standard InChI is InChI=1S/C15H19N3O2/c1-11(2)17-9-12-8-16-10-15(18-12)20-14-6-4-13(19-3)5-7-14/h4-8,10-11,17H,9H2,1-3H3. The normalized spacial score (nSPS) is 10.6. The lowest BCUT2D eigenvalue weighted by Gasteiger charge is -2.09. The van der Waals surface area contributed by atoms with Crippen LogP contribution in [0.25, 0.3) is 0 Å². The molecule has 0 spiro atoms. The Labute approximate surface area is 119 Å². The molecule has 5 nitrogen and oxygen atoms in total. The minimum absolute atomic E-state index is 0.406. The summed E-state index contributed by atoms with van der Waals surface area (Å²) in [6.45, 7) is 4.85. The average molecular weight is 273 g/mol. The molecule has 2 rings (SSSR count). The molecule has 1 heterocycles. The van der Waals surface area contributed by atoms with Crippen molar-refractivity contribution < 1.29 is 9.47 Å². The van der Waals surface area contributed by atoms with E-state index in [1.807, 2.05) is 24.3 Å². The number of benzene rings is 1. The van der Waals surface area contributed by atoms with E-state index in [1.165, 1.54) is 0 Å². The molecule has 0 saturated heterocycles. The SMILES string of the molecule is COc1ccc(Oc2cncc(CNC(C)C)n2)cc1. The number of nitrogens with one attached hydrogen (secondary N) is 1. The van der Waals surface area contributed by atoms with Crippen LogP contribution in [0.2, 0.25) is 0 Å². The van der Waals surface area contributed by atoms with Crippen molar-refractivity contribution >= 4 is 0 Å². The lowest BCUT2D eigenvalue weighted by atomic mass is 10.3. The molecule has 1 aromatic heterocycles. The zero-order chi connectivity index (χ0) is 14.4. The van der Waals surface area contributed by atoms with Crippen LogP contribution in [0.5, 0.6) is 17.4 Å². The summed E-state index contributed by atoms with van der Waals surface area (Å²) in [7, 11) is 1.63. The molecule has 0 atom stereocenters. The summed E-state index contributed by atoms with van der Waals surface area (Å²) in [5.74, 6) is 1.98. The number of nitrogens with zero attached hydrogens (tertiary/aromatic N) is 2. The molecular formula is C15H19N3O2. The molecule has 2 aromatic rings. The topological polar surface area (TPSA) is 56.3 Å². The van der Waals surface area contributed by atoms with E-state index < -0.39 is 0 Å². The van der Waals surface area contributed by atoms with Gasteiger partial charge in [0.2, 0.25) is 5.88 Å². The molecule has 0 amide bonds. The quantitative estimate of drug-likeness (QED) is 0.877. The molecule has 0 fully saturated rings. The van der Waals surface area contributed by atoms with Crippen LogP contribution in [0.4, 0.5) is 0 Å². The van der Waals surface area contributed by atoms with Crippen molar-refractivity contribution in [2.45, 2.75) is 26.4 Å². The van der Waals surface area contributed by atoms with E-state index in [0.29, 0.717) is 24.2 Å². The minimum Gasteiger partial charge on any atom is -0.497 e. The number of aromatic nitrogens is 2. The Morgan fingerprint density at radius 2 is 1.80 bits per heavy atom.